The predicted molar refractivity (Wildman–Crippen MR) is 94.8 cm³/mol. The highest BCUT2D eigenvalue weighted by molar-refractivity contribution is 6.39. The number of H-pyrrole nitrogens is 1. The molecule has 4 rings (SSSR count). The molecule has 0 radical (unpaired) electrons. The van der Waals surface area contributed by atoms with Crippen molar-refractivity contribution in [1.29, 1.82) is 0 Å². The van der Waals surface area contributed by atoms with Crippen LogP contribution in [0.3, 0.4) is 0 Å². The fraction of sp³-hybridized carbons (Fsp3) is 0.471. The van der Waals surface area contributed by atoms with Gasteiger partial charge in [-0.2, -0.15) is 9.78 Å². The van der Waals surface area contributed by atoms with Crippen LogP contribution in [-0.4, -0.2) is 62.8 Å². The van der Waals surface area contributed by atoms with E-state index in [1.807, 2.05) is 0 Å². The van der Waals surface area contributed by atoms with Gasteiger partial charge in [0.2, 0.25) is 5.95 Å². The van der Waals surface area contributed by atoms with E-state index in [0.717, 1.165) is 18.5 Å². The van der Waals surface area contributed by atoms with Crippen molar-refractivity contribution in [2.45, 2.75) is 26.2 Å². The van der Waals surface area contributed by atoms with Gasteiger partial charge in [-0.3, -0.25) is 19.4 Å². The van der Waals surface area contributed by atoms with Crippen LogP contribution in [0.25, 0.3) is 5.95 Å². The monoisotopic (exact) mass is 372 g/mol. The van der Waals surface area contributed by atoms with Crippen molar-refractivity contribution >= 4 is 17.6 Å². The molecular formula is C17H20N6O4. The molecule has 1 aliphatic carbocycles. The van der Waals surface area contributed by atoms with Gasteiger partial charge in [-0.1, -0.05) is 0 Å². The maximum atomic E-state index is 12.4. The first-order valence-electron chi connectivity index (χ1n) is 8.90. The SMILES string of the molecule is Cc1cc(NC(=O)C(=O)N2CCOCC2)n(-c2nc3c(c(=O)[nH]2)CCC3)n1. The molecule has 2 aromatic heterocycles. The molecule has 1 fully saturated rings. The number of rotatable bonds is 2. The normalized spacial score (nSPS) is 16.3. The average Bonchev–Trinajstić information content (AvgIpc) is 3.28. The second kappa shape index (κ2) is 6.95. The molecule has 2 aliphatic rings. The Kier molecular flexibility index (Phi) is 4.48. The van der Waals surface area contributed by atoms with E-state index in [0.29, 0.717) is 44.0 Å². The Bertz CT molecular complexity index is 957. The summed E-state index contributed by atoms with van der Waals surface area (Å²) in [4.78, 5) is 45.6. The van der Waals surface area contributed by atoms with Gasteiger partial charge in [-0.15, -0.1) is 0 Å². The van der Waals surface area contributed by atoms with Crippen molar-refractivity contribution in [3.63, 3.8) is 0 Å². The third-order valence-corrected chi connectivity index (χ3v) is 4.70. The number of carbonyl (C=O) groups is 2. The van der Waals surface area contributed by atoms with Crippen molar-refractivity contribution in [1.82, 2.24) is 24.6 Å². The highest BCUT2D eigenvalue weighted by Gasteiger charge is 2.26. The van der Waals surface area contributed by atoms with Crippen LogP contribution in [0.2, 0.25) is 0 Å². The largest absolute Gasteiger partial charge is 0.378 e. The number of carbonyl (C=O) groups excluding carboxylic acids is 2. The average molecular weight is 372 g/mol. The second-order valence-electron chi connectivity index (χ2n) is 6.61. The van der Waals surface area contributed by atoms with E-state index in [1.165, 1.54) is 9.58 Å². The van der Waals surface area contributed by atoms with Gasteiger partial charge in [0, 0.05) is 24.7 Å². The first-order valence-corrected chi connectivity index (χ1v) is 8.90. The molecule has 0 unspecified atom stereocenters. The zero-order chi connectivity index (χ0) is 19.0. The summed E-state index contributed by atoms with van der Waals surface area (Å²) in [5.74, 6) is -0.885. The highest BCUT2D eigenvalue weighted by Crippen LogP contribution is 2.19. The smallest absolute Gasteiger partial charge is 0.315 e. The van der Waals surface area contributed by atoms with Crippen LogP contribution in [-0.2, 0) is 27.2 Å². The number of amides is 2. The maximum absolute atomic E-state index is 12.4. The molecule has 3 heterocycles. The third-order valence-electron chi connectivity index (χ3n) is 4.70. The molecule has 1 saturated heterocycles. The zero-order valence-electron chi connectivity index (χ0n) is 14.9. The van der Waals surface area contributed by atoms with Crippen LogP contribution < -0.4 is 10.9 Å². The van der Waals surface area contributed by atoms with Crippen molar-refractivity contribution in [3.8, 4) is 5.95 Å². The van der Waals surface area contributed by atoms with Crippen molar-refractivity contribution in [2.75, 3.05) is 31.6 Å². The van der Waals surface area contributed by atoms with Gasteiger partial charge < -0.3 is 15.0 Å². The molecule has 0 aromatic carbocycles. The molecular weight excluding hydrogens is 352 g/mol. The fourth-order valence-electron chi connectivity index (χ4n) is 3.36. The van der Waals surface area contributed by atoms with Crippen LogP contribution in [0, 0.1) is 6.92 Å². The Hall–Kier alpha value is -3.01. The molecule has 0 bridgehead atoms. The Morgan fingerprint density at radius 3 is 2.81 bits per heavy atom. The summed E-state index contributed by atoms with van der Waals surface area (Å²) < 4.78 is 6.54. The topological polar surface area (TPSA) is 122 Å². The van der Waals surface area contributed by atoms with E-state index in [4.69, 9.17) is 4.74 Å². The number of ether oxygens (including phenoxy) is 1. The Labute approximate surface area is 154 Å². The molecule has 0 saturated carbocycles. The lowest BCUT2D eigenvalue weighted by atomic mass is 10.3. The standard InChI is InChI=1S/C17H20N6O4/c1-10-9-13(19-15(25)16(26)22-5-7-27-8-6-22)23(21-10)17-18-12-4-2-3-11(12)14(24)20-17/h9H,2-8H2,1H3,(H,19,25)(H,18,20,24). The summed E-state index contributed by atoms with van der Waals surface area (Å²) in [5, 5.41) is 6.88. The number of aromatic nitrogens is 4. The zero-order valence-corrected chi connectivity index (χ0v) is 14.9. The first-order chi connectivity index (χ1) is 13.0. The van der Waals surface area contributed by atoms with Crippen LogP contribution in [0.15, 0.2) is 10.9 Å². The van der Waals surface area contributed by atoms with E-state index < -0.39 is 11.8 Å². The van der Waals surface area contributed by atoms with E-state index in [9.17, 15) is 14.4 Å². The number of fused-ring (bicyclic) bond motifs is 1. The number of anilines is 1. The minimum Gasteiger partial charge on any atom is -0.378 e. The molecule has 0 spiro atoms. The van der Waals surface area contributed by atoms with E-state index in [2.05, 4.69) is 20.4 Å². The number of hydrogen-bond donors (Lipinski definition) is 2. The molecule has 2 amide bonds. The third kappa shape index (κ3) is 3.35. The quantitative estimate of drug-likeness (QED) is 0.689. The van der Waals surface area contributed by atoms with Crippen LogP contribution >= 0.6 is 0 Å². The van der Waals surface area contributed by atoms with E-state index in [-0.39, 0.29) is 17.3 Å². The van der Waals surface area contributed by atoms with Gasteiger partial charge in [0.1, 0.15) is 5.82 Å². The fourth-order valence-corrected chi connectivity index (χ4v) is 3.36. The van der Waals surface area contributed by atoms with Gasteiger partial charge in [0.05, 0.1) is 24.6 Å². The number of aromatic amines is 1. The first kappa shape index (κ1) is 17.4. The van der Waals surface area contributed by atoms with Gasteiger partial charge >= 0.3 is 11.8 Å². The van der Waals surface area contributed by atoms with Crippen molar-refractivity contribution < 1.29 is 14.3 Å². The molecule has 2 N–H and O–H groups in total. The van der Waals surface area contributed by atoms with Gasteiger partial charge in [-0.05, 0) is 26.2 Å². The molecule has 0 atom stereocenters. The molecule has 2 aromatic rings. The number of morpholine rings is 1. The lowest BCUT2D eigenvalue weighted by molar-refractivity contribution is -0.145. The lowest BCUT2D eigenvalue weighted by Crippen LogP contribution is -2.46. The van der Waals surface area contributed by atoms with Gasteiger partial charge in [-0.25, -0.2) is 4.98 Å². The molecule has 10 heteroatoms. The van der Waals surface area contributed by atoms with Crippen LogP contribution in [0.4, 0.5) is 5.82 Å². The van der Waals surface area contributed by atoms with Crippen LogP contribution in [0.1, 0.15) is 23.4 Å². The minimum absolute atomic E-state index is 0.192. The van der Waals surface area contributed by atoms with Crippen LogP contribution in [0.5, 0.6) is 0 Å². The lowest BCUT2D eigenvalue weighted by Gasteiger charge is -2.26. The van der Waals surface area contributed by atoms with Crippen molar-refractivity contribution in [3.05, 3.63) is 33.4 Å². The van der Waals surface area contributed by atoms with Crippen molar-refractivity contribution in [2.24, 2.45) is 0 Å². The van der Waals surface area contributed by atoms with E-state index in [1.54, 1.807) is 13.0 Å². The summed E-state index contributed by atoms with van der Waals surface area (Å²) in [6, 6.07) is 1.62. The minimum atomic E-state index is -0.762. The summed E-state index contributed by atoms with van der Waals surface area (Å²) in [5.41, 5.74) is 1.88. The summed E-state index contributed by atoms with van der Waals surface area (Å²) >= 11 is 0. The Morgan fingerprint density at radius 1 is 1.26 bits per heavy atom. The maximum Gasteiger partial charge on any atom is 0.315 e. The summed E-state index contributed by atoms with van der Waals surface area (Å²) in [6.45, 7) is 3.34. The number of nitrogens with one attached hydrogen (secondary N) is 2. The molecule has 1 aliphatic heterocycles. The predicted octanol–water partition coefficient (Wildman–Crippen LogP) is -0.450. The summed E-state index contributed by atoms with van der Waals surface area (Å²) in [7, 11) is 0. The molecule has 27 heavy (non-hydrogen) atoms. The molecule has 142 valence electrons. The molecule has 10 nitrogen and oxygen atoms in total. The number of nitrogens with zero attached hydrogens (tertiary/aromatic N) is 4. The number of aryl methyl sites for hydroxylation is 2. The highest BCUT2D eigenvalue weighted by atomic mass is 16.5. The van der Waals surface area contributed by atoms with Gasteiger partial charge in [0.25, 0.3) is 5.56 Å². The van der Waals surface area contributed by atoms with Gasteiger partial charge in [0.15, 0.2) is 0 Å². The Morgan fingerprint density at radius 2 is 2.04 bits per heavy atom. The second-order valence-corrected chi connectivity index (χ2v) is 6.61. The van der Waals surface area contributed by atoms with E-state index >= 15 is 0 Å². The number of hydrogen-bond acceptors (Lipinski definition) is 6. The Balaban J connectivity index is 1.60. The summed E-state index contributed by atoms with van der Waals surface area (Å²) in [6.07, 6.45) is 2.35.